The van der Waals surface area contributed by atoms with E-state index in [9.17, 15) is 4.79 Å². The number of hydrogen-bond donors (Lipinski definition) is 2. The monoisotopic (exact) mass is 257 g/mol. The van der Waals surface area contributed by atoms with Crippen LogP contribution < -0.4 is 5.32 Å². The normalized spacial score (nSPS) is 14.8. The van der Waals surface area contributed by atoms with Gasteiger partial charge >= 0.3 is 0 Å². The molecule has 0 unspecified atom stereocenters. The molecule has 2 N–H and O–H groups in total. The first kappa shape index (κ1) is 13.6. The standard InChI is InChI=1S/C16H19NO2/c1-12-8-9-14(11-13(12)5-4-10-18)16(19)17-15-6-2-3-7-15/h8-9,11,15,18H,2-3,6-7,10H2,1H3,(H,17,19). The van der Waals surface area contributed by atoms with Crippen molar-refractivity contribution in [2.75, 3.05) is 6.61 Å². The van der Waals surface area contributed by atoms with Gasteiger partial charge in [0, 0.05) is 17.2 Å². The summed E-state index contributed by atoms with van der Waals surface area (Å²) < 4.78 is 0. The number of rotatable bonds is 2. The Morgan fingerprint density at radius 2 is 2.16 bits per heavy atom. The van der Waals surface area contributed by atoms with Gasteiger partial charge in [-0.15, -0.1) is 0 Å². The molecule has 0 atom stereocenters. The Labute approximate surface area is 114 Å². The number of aliphatic hydroxyl groups is 1. The lowest BCUT2D eigenvalue weighted by Gasteiger charge is -2.12. The molecule has 100 valence electrons. The van der Waals surface area contributed by atoms with Crippen LogP contribution >= 0.6 is 0 Å². The Bertz CT molecular complexity index is 519. The SMILES string of the molecule is Cc1ccc(C(=O)NC2CCCC2)cc1C#CCO. The number of carbonyl (C=O) groups excluding carboxylic acids is 1. The summed E-state index contributed by atoms with van der Waals surface area (Å²) in [5.74, 6) is 5.46. The summed E-state index contributed by atoms with van der Waals surface area (Å²) in [5.41, 5.74) is 2.45. The van der Waals surface area contributed by atoms with Crippen LogP contribution in [0.25, 0.3) is 0 Å². The van der Waals surface area contributed by atoms with E-state index in [0.29, 0.717) is 11.6 Å². The summed E-state index contributed by atoms with van der Waals surface area (Å²) in [6.45, 7) is 1.78. The lowest BCUT2D eigenvalue weighted by Crippen LogP contribution is -2.32. The number of aryl methyl sites for hydroxylation is 1. The van der Waals surface area contributed by atoms with Crippen molar-refractivity contribution in [2.24, 2.45) is 0 Å². The van der Waals surface area contributed by atoms with E-state index in [0.717, 1.165) is 24.0 Å². The van der Waals surface area contributed by atoms with Gasteiger partial charge in [0.25, 0.3) is 5.91 Å². The molecule has 3 heteroatoms. The molecule has 1 aromatic rings. The predicted molar refractivity (Wildman–Crippen MR) is 74.9 cm³/mol. The fourth-order valence-corrected chi connectivity index (χ4v) is 2.37. The molecule has 1 aliphatic carbocycles. The topological polar surface area (TPSA) is 49.3 Å². The van der Waals surface area contributed by atoms with Crippen molar-refractivity contribution in [1.82, 2.24) is 5.32 Å². The number of hydrogen-bond acceptors (Lipinski definition) is 2. The minimum atomic E-state index is -0.169. The molecule has 1 aliphatic rings. The molecule has 3 nitrogen and oxygen atoms in total. The van der Waals surface area contributed by atoms with E-state index >= 15 is 0 Å². The van der Waals surface area contributed by atoms with Crippen LogP contribution in [-0.2, 0) is 0 Å². The third-order valence-corrected chi connectivity index (χ3v) is 3.49. The van der Waals surface area contributed by atoms with Gasteiger partial charge in [0.2, 0.25) is 0 Å². The molecule has 0 radical (unpaired) electrons. The number of carbonyl (C=O) groups is 1. The van der Waals surface area contributed by atoms with Crippen LogP contribution in [0, 0.1) is 18.8 Å². The van der Waals surface area contributed by atoms with Crippen molar-refractivity contribution in [2.45, 2.75) is 38.6 Å². The zero-order valence-electron chi connectivity index (χ0n) is 11.2. The molecule has 0 aliphatic heterocycles. The zero-order valence-corrected chi connectivity index (χ0v) is 11.2. The first-order valence-corrected chi connectivity index (χ1v) is 6.72. The molecule has 0 aromatic heterocycles. The summed E-state index contributed by atoms with van der Waals surface area (Å²) in [6, 6.07) is 5.83. The van der Waals surface area contributed by atoms with Gasteiger partial charge in [-0.1, -0.05) is 30.7 Å². The number of benzene rings is 1. The Kier molecular flexibility index (Phi) is 4.59. The summed E-state index contributed by atoms with van der Waals surface area (Å²) >= 11 is 0. The molecule has 1 fully saturated rings. The fraction of sp³-hybridized carbons (Fsp3) is 0.438. The highest BCUT2D eigenvalue weighted by molar-refractivity contribution is 5.94. The molecule has 0 spiro atoms. The van der Waals surface area contributed by atoms with Crippen molar-refractivity contribution < 1.29 is 9.90 Å². The van der Waals surface area contributed by atoms with Crippen molar-refractivity contribution in [3.05, 3.63) is 34.9 Å². The molecule has 0 bridgehead atoms. The fourth-order valence-electron chi connectivity index (χ4n) is 2.37. The van der Waals surface area contributed by atoms with E-state index in [4.69, 9.17) is 5.11 Å². The van der Waals surface area contributed by atoms with Gasteiger partial charge in [-0.25, -0.2) is 0 Å². The van der Waals surface area contributed by atoms with Crippen molar-refractivity contribution >= 4 is 5.91 Å². The van der Waals surface area contributed by atoms with E-state index in [-0.39, 0.29) is 12.5 Å². The van der Waals surface area contributed by atoms with Gasteiger partial charge < -0.3 is 10.4 Å². The molecule has 2 rings (SSSR count). The van der Waals surface area contributed by atoms with Crippen LogP contribution in [0.3, 0.4) is 0 Å². The Hall–Kier alpha value is -1.79. The van der Waals surface area contributed by atoms with Crippen LogP contribution in [0.1, 0.15) is 47.2 Å². The van der Waals surface area contributed by atoms with Gasteiger partial charge in [0.15, 0.2) is 0 Å². The highest BCUT2D eigenvalue weighted by atomic mass is 16.2. The maximum Gasteiger partial charge on any atom is 0.251 e. The minimum absolute atomic E-state index is 0.0288. The predicted octanol–water partition coefficient (Wildman–Crippen LogP) is 2.01. The molecular formula is C16H19NO2. The van der Waals surface area contributed by atoms with Gasteiger partial charge in [0.05, 0.1) is 0 Å². The maximum atomic E-state index is 12.1. The molecule has 1 amide bonds. The second kappa shape index (κ2) is 6.40. The smallest absolute Gasteiger partial charge is 0.251 e. The second-order valence-corrected chi connectivity index (χ2v) is 4.94. The number of amides is 1. The molecule has 0 heterocycles. The molecule has 19 heavy (non-hydrogen) atoms. The lowest BCUT2D eigenvalue weighted by atomic mass is 10.0. The van der Waals surface area contributed by atoms with E-state index < -0.39 is 0 Å². The van der Waals surface area contributed by atoms with Gasteiger partial charge in [-0.05, 0) is 37.5 Å². The van der Waals surface area contributed by atoms with Crippen LogP contribution in [0.4, 0.5) is 0 Å². The number of aliphatic hydroxyl groups excluding tert-OH is 1. The minimum Gasteiger partial charge on any atom is -0.384 e. The highest BCUT2D eigenvalue weighted by Gasteiger charge is 2.18. The van der Waals surface area contributed by atoms with Crippen molar-refractivity contribution in [3.8, 4) is 11.8 Å². The summed E-state index contributed by atoms with van der Waals surface area (Å²) in [7, 11) is 0. The van der Waals surface area contributed by atoms with E-state index in [2.05, 4.69) is 17.2 Å². The van der Waals surface area contributed by atoms with Gasteiger partial charge in [0.1, 0.15) is 6.61 Å². The molecule has 0 saturated heterocycles. The van der Waals surface area contributed by atoms with Crippen LogP contribution in [0.5, 0.6) is 0 Å². The van der Waals surface area contributed by atoms with Crippen molar-refractivity contribution in [3.63, 3.8) is 0 Å². The molecule has 1 aromatic carbocycles. The molecular weight excluding hydrogens is 238 g/mol. The Morgan fingerprint density at radius 3 is 2.84 bits per heavy atom. The summed E-state index contributed by atoms with van der Waals surface area (Å²) in [5, 5.41) is 11.8. The van der Waals surface area contributed by atoms with Gasteiger partial charge in [-0.2, -0.15) is 0 Å². The van der Waals surface area contributed by atoms with E-state index in [1.54, 1.807) is 6.07 Å². The van der Waals surface area contributed by atoms with Crippen LogP contribution in [-0.4, -0.2) is 23.7 Å². The summed E-state index contributed by atoms with van der Waals surface area (Å²) in [4.78, 5) is 12.1. The average molecular weight is 257 g/mol. The zero-order chi connectivity index (χ0) is 13.7. The van der Waals surface area contributed by atoms with Crippen LogP contribution in [0.15, 0.2) is 18.2 Å². The largest absolute Gasteiger partial charge is 0.384 e. The highest BCUT2D eigenvalue weighted by Crippen LogP contribution is 2.18. The van der Waals surface area contributed by atoms with E-state index in [1.165, 1.54) is 12.8 Å². The van der Waals surface area contributed by atoms with Crippen LogP contribution in [0.2, 0.25) is 0 Å². The van der Waals surface area contributed by atoms with E-state index in [1.807, 2.05) is 19.1 Å². The summed E-state index contributed by atoms with van der Waals surface area (Å²) in [6.07, 6.45) is 4.56. The first-order valence-electron chi connectivity index (χ1n) is 6.72. The third-order valence-electron chi connectivity index (χ3n) is 3.49. The average Bonchev–Trinajstić information content (AvgIpc) is 2.90. The number of nitrogens with one attached hydrogen (secondary N) is 1. The second-order valence-electron chi connectivity index (χ2n) is 4.94. The quantitative estimate of drug-likeness (QED) is 0.796. The lowest BCUT2D eigenvalue weighted by molar-refractivity contribution is 0.0938. The van der Waals surface area contributed by atoms with Crippen molar-refractivity contribution in [1.29, 1.82) is 0 Å². The maximum absolute atomic E-state index is 12.1. The Balaban J connectivity index is 2.12. The Morgan fingerprint density at radius 1 is 1.42 bits per heavy atom. The van der Waals surface area contributed by atoms with Gasteiger partial charge in [-0.3, -0.25) is 4.79 Å². The molecule has 1 saturated carbocycles. The third kappa shape index (κ3) is 3.59. The first-order chi connectivity index (χ1) is 9.20.